The first-order valence-corrected chi connectivity index (χ1v) is 7.12. The molecule has 1 saturated heterocycles. The van der Waals surface area contributed by atoms with Crippen LogP contribution in [-0.4, -0.2) is 37.2 Å². The lowest BCUT2D eigenvalue weighted by atomic mass is 10.1. The number of hydrogen-bond donors (Lipinski definition) is 1. The molecule has 2 N–H and O–H groups in total. The molecule has 2 atom stereocenters. The molecule has 0 bridgehead atoms. The molecule has 1 aromatic rings. The Bertz CT molecular complexity index is 452. The van der Waals surface area contributed by atoms with Crippen LogP contribution < -0.4 is 10.5 Å². The van der Waals surface area contributed by atoms with Gasteiger partial charge in [-0.3, -0.25) is 4.90 Å². The second kappa shape index (κ2) is 5.47. The summed E-state index contributed by atoms with van der Waals surface area (Å²) in [6.07, 6.45) is 3.36. The van der Waals surface area contributed by atoms with Gasteiger partial charge < -0.3 is 10.5 Å². The molecule has 2 aliphatic rings. The monoisotopic (exact) mass is 264 g/mol. The van der Waals surface area contributed by atoms with E-state index in [0.29, 0.717) is 0 Å². The van der Waals surface area contributed by atoms with Crippen LogP contribution in [0.4, 0.5) is 4.39 Å². The van der Waals surface area contributed by atoms with Crippen LogP contribution in [-0.2, 0) is 6.42 Å². The van der Waals surface area contributed by atoms with Crippen LogP contribution in [0.5, 0.6) is 5.75 Å². The number of likely N-dealkylation sites (tertiary alicyclic amines) is 1. The summed E-state index contributed by atoms with van der Waals surface area (Å²) in [5.74, 6) is 1.42. The van der Waals surface area contributed by atoms with Crippen molar-refractivity contribution in [2.24, 2.45) is 11.7 Å². The molecule has 0 aliphatic carbocycles. The lowest BCUT2D eigenvalue weighted by molar-refractivity contribution is 0.165. The highest BCUT2D eigenvalue weighted by Crippen LogP contribution is 2.30. The minimum absolute atomic E-state index is 0.174. The third-order valence-electron chi connectivity index (χ3n) is 4.17. The minimum Gasteiger partial charge on any atom is -0.488 e. The second-order valence-corrected chi connectivity index (χ2v) is 5.69. The molecule has 3 nitrogen and oxygen atoms in total. The summed E-state index contributed by atoms with van der Waals surface area (Å²) in [6.45, 7) is 3.98. The average Bonchev–Trinajstić information content (AvgIpc) is 2.96. The summed E-state index contributed by atoms with van der Waals surface area (Å²) in [4.78, 5) is 2.45. The molecular weight excluding hydrogens is 243 g/mol. The number of nitrogens with two attached hydrogens (primary N) is 1. The minimum atomic E-state index is -0.174. The van der Waals surface area contributed by atoms with Gasteiger partial charge in [0.15, 0.2) is 0 Å². The van der Waals surface area contributed by atoms with E-state index in [9.17, 15) is 4.39 Å². The van der Waals surface area contributed by atoms with E-state index >= 15 is 0 Å². The summed E-state index contributed by atoms with van der Waals surface area (Å²) in [5, 5.41) is 0. The quantitative estimate of drug-likeness (QED) is 0.901. The van der Waals surface area contributed by atoms with E-state index in [2.05, 4.69) is 4.90 Å². The molecule has 0 spiro atoms. The van der Waals surface area contributed by atoms with Crippen molar-refractivity contribution >= 4 is 0 Å². The fraction of sp³-hybridized carbons (Fsp3) is 0.600. The third kappa shape index (κ3) is 2.90. The largest absolute Gasteiger partial charge is 0.488 e. The third-order valence-corrected chi connectivity index (χ3v) is 4.17. The standard InChI is InChI=1S/C15H21FN2O/c16-13-1-2-15-12(7-13)8-14(19-15)10-18-6-4-11(9-18)3-5-17/h1-2,7,11,14H,3-6,8-10,17H2. The first kappa shape index (κ1) is 12.9. The molecule has 4 heteroatoms. The summed E-state index contributed by atoms with van der Waals surface area (Å²) >= 11 is 0. The Balaban J connectivity index is 1.54. The first-order valence-electron chi connectivity index (χ1n) is 7.12. The van der Waals surface area contributed by atoms with E-state index in [4.69, 9.17) is 10.5 Å². The van der Waals surface area contributed by atoms with E-state index in [1.54, 1.807) is 12.1 Å². The number of nitrogens with zero attached hydrogens (tertiary/aromatic N) is 1. The van der Waals surface area contributed by atoms with Crippen LogP contribution in [0.25, 0.3) is 0 Å². The van der Waals surface area contributed by atoms with Gasteiger partial charge in [0.05, 0.1) is 0 Å². The van der Waals surface area contributed by atoms with Gasteiger partial charge in [-0.05, 0) is 50.0 Å². The van der Waals surface area contributed by atoms with Gasteiger partial charge in [-0.25, -0.2) is 4.39 Å². The SMILES string of the molecule is NCCC1CCN(CC2Cc3cc(F)ccc3O2)C1. The van der Waals surface area contributed by atoms with Crippen molar-refractivity contribution in [2.75, 3.05) is 26.2 Å². The van der Waals surface area contributed by atoms with Gasteiger partial charge >= 0.3 is 0 Å². The molecule has 2 heterocycles. The Morgan fingerprint density at radius 2 is 2.32 bits per heavy atom. The number of fused-ring (bicyclic) bond motifs is 1. The van der Waals surface area contributed by atoms with Crippen molar-refractivity contribution in [3.05, 3.63) is 29.6 Å². The molecule has 104 valence electrons. The van der Waals surface area contributed by atoms with Crippen LogP contribution in [0.15, 0.2) is 18.2 Å². The van der Waals surface area contributed by atoms with Crippen LogP contribution >= 0.6 is 0 Å². The predicted molar refractivity (Wildman–Crippen MR) is 72.7 cm³/mol. The average molecular weight is 264 g/mol. The summed E-state index contributed by atoms with van der Waals surface area (Å²) in [7, 11) is 0. The molecule has 0 amide bonds. The molecule has 19 heavy (non-hydrogen) atoms. The van der Waals surface area contributed by atoms with E-state index in [-0.39, 0.29) is 11.9 Å². The molecule has 0 saturated carbocycles. The fourth-order valence-corrected chi connectivity index (χ4v) is 3.23. The van der Waals surface area contributed by atoms with Crippen LogP contribution in [0.1, 0.15) is 18.4 Å². The molecule has 0 radical (unpaired) electrons. The van der Waals surface area contributed by atoms with E-state index in [1.165, 1.54) is 12.5 Å². The van der Waals surface area contributed by atoms with Crippen LogP contribution in [0, 0.1) is 11.7 Å². The maximum atomic E-state index is 13.2. The smallest absolute Gasteiger partial charge is 0.123 e. The lowest BCUT2D eigenvalue weighted by Gasteiger charge is -2.20. The fourth-order valence-electron chi connectivity index (χ4n) is 3.23. The molecule has 1 aromatic carbocycles. The van der Waals surface area contributed by atoms with Crippen LogP contribution in [0.3, 0.4) is 0 Å². The number of benzene rings is 1. The molecule has 2 aliphatic heterocycles. The molecule has 0 aromatic heterocycles. The zero-order valence-corrected chi connectivity index (χ0v) is 11.1. The zero-order chi connectivity index (χ0) is 13.2. The normalized spacial score (nSPS) is 26.4. The molecule has 2 unspecified atom stereocenters. The van der Waals surface area contributed by atoms with Crippen molar-refractivity contribution < 1.29 is 9.13 Å². The Labute approximate surface area is 113 Å². The summed E-state index contributed by atoms with van der Waals surface area (Å²) in [6, 6.07) is 4.80. The van der Waals surface area contributed by atoms with Gasteiger partial charge in [0.2, 0.25) is 0 Å². The van der Waals surface area contributed by atoms with Crippen molar-refractivity contribution in [3.8, 4) is 5.75 Å². The Morgan fingerprint density at radius 1 is 1.42 bits per heavy atom. The van der Waals surface area contributed by atoms with Gasteiger partial charge in [0.1, 0.15) is 17.7 Å². The molecular formula is C15H21FN2O. The van der Waals surface area contributed by atoms with Crippen molar-refractivity contribution in [3.63, 3.8) is 0 Å². The summed E-state index contributed by atoms with van der Waals surface area (Å²) in [5.41, 5.74) is 6.61. The Morgan fingerprint density at radius 3 is 3.16 bits per heavy atom. The van der Waals surface area contributed by atoms with Gasteiger partial charge in [0.25, 0.3) is 0 Å². The number of hydrogen-bond acceptors (Lipinski definition) is 3. The highest BCUT2D eigenvalue weighted by atomic mass is 19.1. The van der Waals surface area contributed by atoms with Crippen LogP contribution in [0.2, 0.25) is 0 Å². The van der Waals surface area contributed by atoms with E-state index < -0.39 is 0 Å². The maximum absolute atomic E-state index is 13.2. The topological polar surface area (TPSA) is 38.5 Å². The van der Waals surface area contributed by atoms with Gasteiger partial charge in [0, 0.05) is 25.1 Å². The summed E-state index contributed by atoms with van der Waals surface area (Å²) < 4.78 is 19.0. The van der Waals surface area contributed by atoms with Gasteiger partial charge in [-0.2, -0.15) is 0 Å². The van der Waals surface area contributed by atoms with Crippen molar-refractivity contribution in [2.45, 2.75) is 25.4 Å². The van der Waals surface area contributed by atoms with E-state index in [0.717, 1.165) is 56.3 Å². The lowest BCUT2D eigenvalue weighted by Crippen LogP contribution is -2.33. The van der Waals surface area contributed by atoms with E-state index in [1.807, 2.05) is 0 Å². The zero-order valence-electron chi connectivity index (χ0n) is 11.1. The number of halogens is 1. The predicted octanol–water partition coefficient (Wildman–Crippen LogP) is 1.80. The Kier molecular flexibility index (Phi) is 3.71. The van der Waals surface area contributed by atoms with Crippen molar-refractivity contribution in [1.82, 2.24) is 4.90 Å². The van der Waals surface area contributed by atoms with Gasteiger partial charge in [-0.1, -0.05) is 0 Å². The Hall–Kier alpha value is -1.13. The highest BCUT2D eigenvalue weighted by molar-refractivity contribution is 5.37. The highest BCUT2D eigenvalue weighted by Gasteiger charge is 2.28. The van der Waals surface area contributed by atoms with Gasteiger partial charge in [-0.15, -0.1) is 0 Å². The number of ether oxygens (including phenoxy) is 1. The molecule has 1 fully saturated rings. The maximum Gasteiger partial charge on any atom is 0.123 e. The second-order valence-electron chi connectivity index (χ2n) is 5.69. The first-order chi connectivity index (χ1) is 9.24. The number of rotatable bonds is 4. The molecule has 3 rings (SSSR count). The van der Waals surface area contributed by atoms with Crippen molar-refractivity contribution in [1.29, 1.82) is 0 Å².